The Labute approximate surface area is 118 Å². The zero-order valence-corrected chi connectivity index (χ0v) is 12.9. The zero-order valence-electron chi connectivity index (χ0n) is 8.56. The van der Waals surface area contributed by atoms with Gasteiger partial charge in [-0.05, 0) is 25.7 Å². The van der Waals surface area contributed by atoms with Crippen molar-refractivity contribution in [2.75, 3.05) is 13.1 Å². The van der Waals surface area contributed by atoms with E-state index >= 15 is 0 Å². The molecular weight excluding hydrogens is 420 g/mol. The number of hydrogen-bond donors (Lipinski definition) is 3. The second-order valence-corrected chi connectivity index (χ2v) is 5.55. The standard InChI is InChI=1S/C9H17I2N3O/c10-9(15)14-8-3-1-7(2-4-8)12-5-6-13-11/h7-8,12-13H,1-6H2,(H,14,15). The molecule has 1 aliphatic carbocycles. The van der Waals surface area contributed by atoms with Crippen molar-refractivity contribution in [1.29, 1.82) is 0 Å². The van der Waals surface area contributed by atoms with Gasteiger partial charge in [0.05, 0.1) is 0 Å². The summed E-state index contributed by atoms with van der Waals surface area (Å²) in [6.45, 7) is 2.03. The summed E-state index contributed by atoms with van der Waals surface area (Å²) >= 11 is 3.96. The third-order valence-corrected chi connectivity index (χ3v) is 3.55. The van der Waals surface area contributed by atoms with Crippen molar-refractivity contribution >= 4 is 49.4 Å². The molecule has 1 saturated carbocycles. The van der Waals surface area contributed by atoms with E-state index < -0.39 is 0 Å². The molecule has 0 atom stereocenters. The van der Waals surface area contributed by atoms with Crippen LogP contribution in [0.2, 0.25) is 0 Å². The Bertz CT molecular complexity index is 196. The molecule has 3 N–H and O–H groups in total. The molecule has 0 unspecified atom stereocenters. The molecule has 1 rings (SSSR count). The van der Waals surface area contributed by atoms with Gasteiger partial charge >= 0.3 is 0 Å². The van der Waals surface area contributed by atoms with Gasteiger partial charge in [-0.2, -0.15) is 0 Å². The van der Waals surface area contributed by atoms with Crippen LogP contribution in [0.3, 0.4) is 0 Å². The number of carbonyl (C=O) groups excluding carboxylic acids is 1. The van der Waals surface area contributed by atoms with Crippen LogP contribution in [-0.4, -0.2) is 29.1 Å². The maximum Gasteiger partial charge on any atom is 0.280 e. The SMILES string of the molecule is O=C(I)NC1CCC(NCCNI)CC1. The van der Waals surface area contributed by atoms with Crippen molar-refractivity contribution < 1.29 is 4.79 Å². The van der Waals surface area contributed by atoms with E-state index in [0.717, 1.165) is 25.9 Å². The van der Waals surface area contributed by atoms with Crippen LogP contribution in [0.15, 0.2) is 0 Å². The minimum atomic E-state index is 0.0677. The van der Waals surface area contributed by atoms with Crippen molar-refractivity contribution in [2.45, 2.75) is 37.8 Å². The number of nitrogens with one attached hydrogen (secondary N) is 3. The molecular formula is C9H17I2N3O. The van der Waals surface area contributed by atoms with E-state index in [1.165, 1.54) is 12.8 Å². The van der Waals surface area contributed by atoms with Crippen molar-refractivity contribution in [3.05, 3.63) is 0 Å². The van der Waals surface area contributed by atoms with Crippen LogP contribution >= 0.6 is 45.5 Å². The van der Waals surface area contributed by atoms with Gasteiger partial charge in [-0.1, -0.05) is 0 Å². The molecule has 88 valence electrons. The lowest BCUT2D eigenvalue weighted by Crippen LogP contribution is -2.41. The molecule has 0 radical (unpaired) electrons. The van der Waals surface area contributed by atoms with Crippen LogP contribution in [0, 0.1) is 0 Å². The van der Waals surface area contributed by atoms with Crippen molar-refractivity contribution in [2.24, 2.45) is 0 Å². The van der Waals surface area contributed by atoms with E-state index in [9.17, 15) is 4.79 Å². The lowest BCUT2D eigenvalue weighted by Gasteiger charge is -2.29. The highest BCUT2D eigenvalue weighted by Crippen LogP contribution is 2.18. The highest BCUT2D eigenvalue weighted by Gasteiger charge is 2.20. The Hall–Kier alpha value is 0.850. The summed E-state index contributed by atoms with van der Waals surface area (Å²) in [4.78, 5) is 10.9. The second kappa shape index (κ2) is 8.02. The zero-order chi connectivity index (χ0) is 11.1. The number of carbonyl (C=O) groups is 1. The number of amides is 1. The number of halogens is 2. The summed E-state index contributed by atoms with van der Waals surface area (Å²) < 4.78 is 3.16. The Morgan fingerprint density at radius 3 is 2.27 bits per heavy atom. The molecule has 1 fully saturated rings. The van der Waals surface area contributed by atoms with Gasteiger partial charge in [0.2, 0.25) is 0 Å². The fourth-order valence-corrected chi connectivity index (χ4v) is 2.64. The molecule has 0 saturated heterocycles. The lowest BCUT2D eigenvalue weighted by molar-refractivity contribution is 0.251. The monoisotopic (exact) mass is 437 g/mol. The lowest BCUT2D eigenvalue weighted by atomic mass is 9.91. The van der Waals surface area contributed by atoms with E-state index in [-0.39, 0.29) is 3.91 Å². The van der Waals surface area contributed by atoms with Gasteiger partial charge in [0.25, 0.3) is 3.91 Å². The quantitative estimate of drug-likeness (QED) is 0.203. The number of hydrogen-bond acceptors (Lipinski definition) is 3. The van der Waals surface area contributed by atoms with E-state index in [2.05, 4.69) is 37.0 Å². The van der Waals surface area contributed by atoms with Crippen LogP contribution in [0.25, 0.3) is 0 Å². The summed E-state index contributed by atoms with van der Waals surface area (Å²) in [6, 6.07) is 1.03. The summed E-state index contributed by atoms with van der Waals surface area (Å²) in [5.74, 6) is 0. The first-order valence-corrected chi connectivity index (χ1v) is 7.41. The Balaban J connectivity index is 2.10. The minimum absolute atomic E-state index is 0.0677. The Morgan fingerprint density at radius 1 is 1.13 bits per heavy atom. The van der Waals surface area contributed by atoms with Crippen molar-refractivity contribution in [1.82, 2.24) is 14.2 Å². The molecule has 0 aromatic heterocycles. The first kappa shape index (κ1) is 13.9. The third-order valence-electron chi connectivity index (χ3n) is 2.70. The van der Waals surface area contributed by atoms with Crippen LogP contribution in [0.4, 0.5) is 4.79 Å². The maximum absolute atomic E-state index is 10.9. The smallest absolute Gasteiger partial charge is 0.280 e. The van der Waals surface area contributed by atoms with Crippen molar-refractivity contribution in [3.8, 4) is 0 Å². The van der Waals surface area contributed by atoms with E-state index in [1.807, 2.05) is 0 Å². The van der Waals surface area contributed by atoms with Crippen LogP contribution in [0.1, 0.15) is 25.7 Å². The number of rotatable bonds is 5. The first-order valence-electron chi connectivity index (χ1n) is 5.25. The van der Waals surface area contributed by atoms with E-state index in [4.69, 9.17) is 0 Å². The fraction of sp³-hybridized carbons (Fsp3) is 0.889. The normalized spacial score (nSPS) is 26.3. The van der Waals surface area contributed by atoms with Crippen LogP contribution in [-0.2, 0) is 0 Å². The molecule has 4 nitrogen and oxygen atoms in total. The van der Waals surface area contributed by atoms with Gasteiger partial charge in [0.15, 0.2) is 0 Å². The molecule has 6 heteroatoms. The molecule has 0 aliphatic heterocycles. The highest BCUT2D eigenvalue weighted by atomic mass is 127. The van der Waals surface area contributed by atoms with Gasteiger partial charge in [-0.3, -0.25) is 8.32 Å². The molecule has 0 heterocycles. The first-order chi connectivity index (χ1) is 7.22. The predicted octanol–water partition coefficient (Wildman–Crippen LogP) is 1.97. The second-order valence-electron chi connectivity index (χ2n) is 3.80. The van der Waals surface area contributed by atoms with Gasteiger partial charge in [0, 0.05) is 70.6 Å². The maximum atomic E-state index is 10.9. The molecule has 0 bridgehead atoms. The molecule has 0 aromatic rings. The van der Waals surface area contributed by atoms with Gasteiger partial charge in [-0.25, -0.2) is 0 Å². The summed E-state index contributed by atoms with van der Waals surface area (Å²) in [7, 11) is 0. The van der Waals surface area contributed by atoms with Crippen molar-refractivity contribution in [3.63, 3.8) is 0 Å². The average molecular weight is 437 g/mol. The predicted molar refractivity (Wildman–Crippen MR) is 78.6 cm³/mol. The molecule has 1 amide bonds. The van der Waals surface area contributed by atoms with E-state index in [0.29, 0.717) is 12.1 Å². The molecule has 1 aliphatic rings. The average Bonchev–Trinajstić information content (AvgIpc) is 2.20. The third kappa shape index (κ3) is 6.22. The Kier molecular flexibility index (Phi) is 7.44. The Morgan fingerprint density at radius 2 is 1.73 bits per heavy atom. The largest absolute Gasteiger partial charge is 0.345 e. The minimum Gasteiger partial charge on any atom is -0.345 e. The van der Waals surface area contributed by atoms with Crippen LogP contribution < -0.4 is 14.2 Å². The molecule has 0 spiro atoms. The highest BCUT2D eigenvalue weighted by molar-refractivity contribution is 14.1. The van der Waals surface area contributed by atoms with Crippen LogP contribution in [0.5, 0.6) is 0 Å². The molecule has 15 heavy (non-hydrogen) atoms. The van der Waals surface area contributed by atoms with Gasteiger partial charge in [-0.15, -0.1) is 0 Å². The summed E-state index contributed by atoms with van der Waals surface area (Å²) in [5, 5.41) is 6.49. The van der Waals surface area contributed by atoms with Gasteiger partial charge < -0.3 is 10.6 Å². The summed E-state index contributed by atoms with van der Waals surface area (Å²) in [5.41, 5.74) is 0. The van der Waals surface area contributed by atoms with Gasteiger partial charge in [0.1, 0.15) is 0 Å². The summed E-state index contributed by atoms with van der Waals surface area (Å²) in [6.07, 6.45) is 4.54. The topological polar surface area (TPSA) is 53.2 Å². The van der Waals surface area contributed by atoms with E-state index in [1.54, 1.807) is 22.6 Å². The molecule has 0 aromatic carbocycles. The fourth-order valence-electron chi connectivity index (χ4n) is 1.93.